The SMILES string of the molecule is COc1cccc(N2CCN(C(=O)/C=C/c3cccc(Cl)c3)CC2)c1. The van der Waals surface area contributed by atoms with Crippen LogP contribution in [0.3, 0.4) is 0 Å². The number of carbonyl (C=O) groups excluding carboxylic acids is 1. The fourth-order valence-corrected chi connectivity index (χ4v) is 3.07. The average Bonchev–Trinajstić information content (AvgIpc) is 2.66. The van der Waals surface area contributed by atoms with Crippen LogP contribution in [0.4, 0.5) is 5.69 Å². The Morgan fingerprint density at radius 3 is 2.56 bits per heavy atom. The van der Waals surface area contributed by atoms with Gasteiger partial charge >= 0.3 is 0 Å². The molecule has 5 heteroatoms. The summed E-state index contributed by atoms with van der Waals surface area (Å²) in [5.74, 6) is 0.880. The van der Waals surface area contributed by atoms with E-state index in [2.05, 4.69) is 11.0 Å². The molecule has 1 heterocycles. The maximum Gasteiger partial charge on any atom is 0.246 e. The Balaban J connectivity index is 1.57. The molecule has 0 aromatic heterocycles. The van der Waals surface area contributed by atoms with Crippen LogP contribution in [0.5, 0.6) is 5.75 Å². The summed E-state index contributed by atoms with van der Waals surface area (Å²) < 4.78 is 5.28. The third kappa shape index (κ3) is 4.54. The average molecular weight is 357 g/mol. The van der Waals surface area contributed by atoms with Crippen LogP contribution in [0.1, 0.15) is 5.56 Å². The lowest BCUT2D eigenvalue weighted by Gasteiger charge is -2.35. The van der Waals surface area contributed by atoms with Crippen LogP contribution in [0, 0.1) is 0 Å². The first-order chi connectivity index (χ1) is 12.2. The van der Waals surface area contributed by atoms with Gasteiger partial charge in [0.05, 0.1) is 7.11 Å². The van der Waals surface area contributed by atoms with E-state index in [4.69, 9.17) is 16.3 Å². The van der Waals surface area contributed by atoms with Crippen molar-refractivity contribution >= 4 is 29.3 Å². The number of halogens is 1. The molecule has 25 heavy (non-hydrogen) atoms. The molecule has 0 N–H and O–H groups in total. The van der Waals surface area contributed by atoms with Crippen molar-refractivity contribution in [2.45, 2.75) is 0 Å². The number of ether oxygens (including phenoxy) is 1. The number of rotatable bonds is 4. The maximum absolute atomic E-state index is 12.4. The summed E-state index contributed by atoms with van der Waals surface area (Å²) in [7, 11) is 1.67. The van der Waals surface area contributed by atoms with E-state index in [1.165, 1.54) is 0 Å². The Kier molecular flexibility index (Phi) is 5.61. The standard InChI is InChI=1S/C20H21ClN2O2/c1-25-19-7-3-6-18(15-19)22-10-12-23(13-11-22)20(24)9-8-16-4-2-5-17(21)14-16/h2-9,14-15H,10-13H2,1H3/b9-8+. The molecular formula is C20H21ClN2O2. The zero-order valence-electron chi connectivity index (χ0n) is 14.2. The first kappa shape index (κ1) is 17.4. The van der Waals surface area contributed by atoms with Crippen LogP contribution < -0.4 is 9.64 Å². The third-order valence-electron chi connectivity index (χ3n) is 4.28. The van der Waals surface area contributed by atoms with E-state index in [1.807, 2.05) is 53.4 Å². The minimum absolute atomic E-state index is 0.0327. The van der Waals surface area contributed by atoms with Crippen LogP contribution >= 0.6 is 11.6 Å². The van der Waals surface area contributed by atoms with Crippen molar-refractivity contribution in [2.75, 3.05) is 38.2 Å². The van der Waals surface area contributed by atoms with Gasteiger partial charge in [0, 0.05) is 49.0 Å². The lowest BCUT2D eigenvalue weighted by Crippen LogP contribution is -2.48. The minimum atomic E-state index is 0.0327. The van der Waals surface area contributed by atoms with Gasteiger partial charge in [0.25, 0.3) is 0 Å². The molecule has 1 amide bonds. The predicted octanol–water partition coefficient (Wildman–Crippen LogP) is 3.71. The summed E-state index contributed by atoms with van der Waals surface area (Å²) in [5.41, 5.74) is 2.05. The molecule has 0 spiro atoms. The van der Waals surface area contributed by atoms with Gasteiger partial charge < -0.3 is 14.5 Å². The van der Waals surface area contributed by atoms with Crippen LogP contribution in [-0.2, 0) is 4.79 Å². The predicted molar refractivity (Wildman–Crippen MR) is 102 cm³/mol. The first-order valence-corrected chi connectivity index (χ1v) is 8.65. The summed E-state index contributed by atoms with van der Waals surface area (Å²) in [6.45, 7) is 3.03. The van der Waals surface area contributed by atoms with E-state index in [0.717, 1.165) is 30.1 Å². The normalized spacial score (nSPS) is 14.8. The van der Waals surface area contributed by atoms with Gasteiger partial charge in [-0.25, -0.2) is 0 Å². The molecule has 3 rings (SSSR count). The van der Waals surface area contributed by atoms with Crippen LogP contribution in [0.15, 0.2) is 54.6 Å². The van der Waals surface area contributed by atoms with Crippen molar-refractivity contribution in [3.63, 3.8) is 0 Å². The number of hydrogen-bond acceptors (Lipinski definition) is 3. The van der Waals surface area contributed by atoms with Crippen molar-refractivity contribution < 1.29 is 9.53 Å². The van der Waals surface area contributed by atoms with Crippen molar-refractivity contribution in [1.82, 2.24) is 4.90 Å². The molecule has 0 saturated carbocycles. The number of benzene rings is 2. The second kappa shape index (κ2) is 8.08. The van der Waals surface area contributed by atoms with Gasteiger partial charge in [0.2, 0.25) is 5.91 Å². The zero-order chi connectivity index (χ0) is 17.6. The Morgan fingerprint density at radius 1 is 1.08 bits per heavy atom. The van der Waals surface area contributed by atoms with E-state index in [-0.39, 0.29) is 5.91 Å². The summed E-state index contributed by atoms with van der Waals surface area (Å²) in [6, 6.07) is 15.5. The summed E-state index contributed by atoms with van der Waals surface area (Å²) >= 11 is 5.96. The van der Waals surface area contributed by atoms with Crippen molar-refractivity contribution in [2.24, 2.45) is 0 Å². The highest BCUT2D eigenvalue weighted by Gasteiger charge is 2.20. The molecule has 0 atom stereocenters. The van der Waals surface area contributed by atoms with Gasteiger partial charge in [-0.15, -0.1) is 0 Å². The topological polar surface area (TPSA) is 32.8 Å². The molecule has 1 saturated heterocycles. The molecule has 1 fully saturated rings. The van der Waals surface area contributed by atoms with Crippen molar-refractivity contribution in [3.8, 4) is 5.75 Å². The monoisotopic (exact) mass is 356 g/mol. The number of nitrogens with zero attached hydrogens (tertiary/aromatic N) is 2. The van der Waals surface area contributed by atoms with E-state index >= 15 is 0 Å². The highest BCUT2D eigenvalue weighted by atomic mass is 35.5. The molecule has 0 unspecified atom stereocenters. The van der Waals surface area contributed by atoms with Gasteiger partial charge in [-0.05, 0) is 35.9 Å². The van der Waals surface area contributed by atoms with Crippen LogP contribution in [0.25, 0.3) is 6.08 Å². The number of hydrogen-bond donors (Lipinski definition) is 0. The van der Waals surface area contributed by atoms with Crippen LogP contribution in [0.2, 0.25) is 5.02 Å². The quantitative estimate of drug-likeness (QED) is 0.783. The third-order valence-corrected chi connectivity index (χ3v) is 4.51. The van der Waals surface area contributed by atoms with E-state index in [1.54, 1.807) is 13.2 Å². The number of carbonyl (C=O) groups is 1. The number of amides is 1. The second-order valence-corrected chi connectivity index (χ2v) is 6.34. The Labute approximate surface area is 153 Å². The van der Waals surface area contributed by atoms with Gasteiger partial charge in [-0.3, -0.25) is 4.79 Å². The smallest absolute Gasteiger partial charge is 0.246 e. The van der Waals surface area contributed by atoms with Crippen molar-refractivity contribution in [3.05, 3.63) is 65.2 Å². The molecule has 0 radical (unpaired) electrons. The van der Waals surface area contributed by atoms with E-state index < -0.39 is 0 Å². The molecular weight excluding hydrogens is 336 g/mol. The van der Waals surface area contributed by atoms with Crippen LogP contribution in [-0.4, -0.2) is 44.1 Å². The Morgan fingerprint density at radius 2 is 1.84 bits per heavy atom. The molecule has 130 valence electrons. The van der Waals surface area contributed by atoms with E-state index in [0.29, 0.717) is 18.1 Å². The lowest BCUT2D eigenvalue weighted by atomic mass is 10.2. The fraction of sp³-hybridized carbons (Fsp3) is 0.250. The maximum atomic E-state index is 12.4. The number of methoxy groups -OCH3 is 1. The highest BCUT2D eigenvalue weighted by Crippen LogP contribution is 2.22. The Hall–Kier alpha value is -2.46. The summed E-state index contributed by atoms with van der Waals surface area (Å²) in [4.78, 5) is 16.5. The molecule has 1 aliphatic heterocycles. The molecule has 2 aromatic carbocycles. The molecule has 2 aromatic rings. The van der Waals surface area contributed by atoms with Gasteiger partial charge in [0.1, 0.15) is 5.75 Å². The van der Waals surface area contributed by atoms with Crippen molar-refractivity contribution in [1.29, 1.82) is 0 Å². The lowest BCUT2D eigenvalue weighted by molar-refractivity contribution is -0.126. The van der Waals surface area contributed by atoms with Gasteiger partial charge in [-0.2, -0.15) is 0 Å². The minimum Gasteiger partial charge on any atom is -0.497 e. The molecule has 4 nitrogen and oxygen atoms in total. The molecule has 0 bridgehead atoms. The summed E-state index contributed by atoms with van der Waals surface area (Å²) in [5, 5.41) is 0.668. The highest BCUT2D eigenvalue weighted by molar-refractivity contribution is 6.30. The largest absolute Gasteiger partial charge is 0.497 e. The summed E-state index contributed by atoms with van der Waals surface area (Å²) in [6.07, 6.45) is 3.43. The molecule has 1 aliphatic rings. The van der Waals surface area contributed by atoms with Gasteiger partial charge in [-0.1, -0.05) is 29.8 Å². The molecule has 0 aliphatic carbocycles. The number of piperazine rings is 1. The zero-order valence-corrected chi connectivity index (χ0v) is 14.9. The van der Waals surface area contributed by atoms with Gasteiger partial charge in [0.15, 0.2) is 0 Å². The first-order valence-electron chi connectivity index (χ1n) is 8.27. The fourth-order valence-electron chi connectivity index (χ4n) is 2.88. The van der Waals surface area contributed by atoms with E-state index in [9.17, 15) is 4.79 Å². The number of anilines is 1. The Bertz CT molecular complexity index is 768. The second-order valence-electron chi connectivity index (χ2n) is 5.90.